The van der Waals surface area contributed by atoms with Crippen molar-refractivity contribution in [3.63, 3.8) is 0 Å². The van der Waals surface area contributed by atoms with Crippen molar-refractivity contribution in [2.45, 2.75) is 68.5 Å². The lowest BCUT2D eigenvalue weighted by molar-refractivity contribution is -0.148. The number of allylic oxidation sites excluding steroid dienone is 1. The number of amides is 2. The van der Waals surface area contributed by atoms with Crippen LogP contribution in [0.25, 0.3) is 0 Å². The molecule has 11 nitrogen and oxygen atoms in total. The minimum Gasteiger partial charge on any atom is -0.490 e. The van der Waals surface area contributed by atoms with Crippen LogP contribution in [0.2, 0.25) is 5.02 Å². The zero-order valence-electron chi connectivity index (χ0n) is 28.4. The third kappa shape index (κ3) is 7.08. The maximum Gasteiger partial charge on any atom is 0.303 e. The van der Waals surface area contributed by atoms with Crippen LogP contribution in [-0.4, -0.2) is 93.1 Å². The molecule has 2 amide bonds. The molecule has 2 aliphatic heterocycles. The first-order chi connectivity index (χ1) is 23.2. The Morgan fingerprint density at radius 1 is 1.14 bits per heavy atom. The van der Waals surface area contributed by atoms with E-state index in [-0.39, 0.29) is 22.8 Å². The van der Waals surface area contributed by atoms with Crippen LogP contribution < -0.4 is 14.4 Å². The second-order valence-electron chi connectivity index (χ2n) is 14.4. The van der Waals surface area contributed by atoms with Crippen molar-refractivity contribution in [3.8, 4) is 5.75 Å². The van der Waals surface area contributed by atoms with Gasteiger partial charge in [0.1, 0.15) is 5.75 Å². The molecule has 266 valence electrons. The van der Waals surface area contributed by atoms with Crippen LogP contribution in [0, 0.1) is 11.8 Å². The van der Waals surface area contributed by atoms with Gasteiger partial charge in [0.05, 0.1) is 24.8 Å². The number of aryl methyl sites for hydroxylation is 1. The molecule has 6 rings (SSSR count). The quantitative estimate of drug-likeness (QED) is 0.411. The van der Waals surface area contributed by atoms with Gasteiger partial charge in [0.25, 0.3) is 5.91 Å². The Bertz CT molecular complexity index is 1740. The summed E-state index contributed by atoms with van der Waals surface area (Å²) in [7, 11) is -0.166. The molecule has 1 saturated carbocycles. The van der Waals surface area contributed by atoms with Crippen molar-refractivity contribution >= 4 is 39.3 Å². The van der Waals surface area contributed by atoms with Crippen LogP contribution in [0.3, 0.4) is 0 Å². The lowest BCUT2D eigenvalue weighted by atomic mass is 9.68. The van der Waals surface area contributed by atoms with E-state index >= 15 is 0 Å². The largest absolute Gasteiger partial charge is 0.490 e. The fourth-order valence-electron chi connectivity index (χ4n) is 7.83. The predicted octanol–water partition coefficient (Wildman–Crippen LogP) is 3.51. The number of hydrogen-bond acceptors (Lipinski definition) is 8. The first-order valence-electron chi connectivity index (χ1n) is 17.1. The lowest BCUT2D eigenvalue weighted by Crippen LogP contribution is -2.52. The standard InChI is InChI=1S/C36H47ClN4O7S/c1-39(2)49(46,47)38-34(44)36(45)20-33(43)40(3)17-6-4-5-9-31(42)28-13-10-25(28)21-41-22-35(23-48-32-15-11-26(36)19-30(32)41)16-7-8-24-18-27(37)12-14-29(24)35/h5,9,11-12,14-15,18-19,25,28,31,42,45H,4,6-8,10,13,16-17,20-23H2,1-3H3,(H,38,44)/b9-5-/t25-,28+,31-,35-,36-/m0/s1. The molecule has 3 N–H and O–H groups in total. The van der Waals surface area contributed by atoms with E-state index < -0.39 is 40.1 Å². The first-order valence-corrected chi connectivity index (χ1v) is 18.9. The van der Waals surface area contributed by atoms with Gasteiger partial charge in [-0.1, -0.05) is 35.9 Å². The van der Waals surface area contributed by atoms with Gasteiger partial charge in [-0.25, -0.2) is 4.72 Å². The van der Waals surface area contributed by atoms with E-state index in [0.29, 0.717) is 55.5 Å². The maximum absolute atomic E-state index is 13.8. The number of carbonyl (C=O) groups excluding carboxylic acids is 2. The Labute approximate surface area is 294 Å². The van der Waals surface area contributed by atoms with Gasteiger partial charge in [0, 0.05) is 51.2 Å². The molecule has 2 aromatic rings. The predicted molar refractivity (Wildman–Crippen MR) is 188 cm³/mol. The second kappa shape index (κ2) is 13.9. The van der Waals surface area contributed by atoms with Crippen LogP contribution in [-0.2, 0) is 37.2 Å². The van der Waals surface area contributed by atoms with Crippen LogP contribution in [0.4, 0.5) is 5.69 Å². The Balaban J connectivity index is 1.47. The normalized spacial score (nSPS) is 29.9. The van der Waals surface area contributed by atoms with Crippen LogP contribution >= 0.6 is 11.6 Å². The minimum atomic E-state index is -4.29. The average Bonchev–Trinajstić information content (AvgIpc) is 3.18. The lowest BCUT2D eigenvalue weighted by Gasteiger charge is -2.45. The summed E-state index contributed by atoms with van der Waals surface area (Å²) in [5.41, 5.74) is 0.202. The molecule has 2 aromatic carbocycles. The van der Waals surface area contributed by atoms with E-state index in [9.17, 15) is 28.2 Å². The molecule has 49 heavy (non-hydrogen) atoms. The molecular formula is C36H47ClN4O7S. The first kappa shape index (κ1) is 35.7. The maximum atomic E-state index is 13.8. The Kier molecular flexibility index (Phi) is 10.1. The van der Waals surface area contributed by atoms with E-state index in [2.05, 4.69) is 11.0 Å². The number of aliphatic hydroxyl groups is 2. The summed E-state index contributed by atoms with van der Waals surface area (Å²) >= 11 is 6.42. The van der Waals surface area contributed by atoms with Gasteiger partial charge in [-0.15, -0.1) is 0 Å². The number of rotatable bonds is 3. The zero-order valence-corrected chi connectivity index (χ0v) is 30.0. The Morgan fingerprint density at radius 3 is 2.67 bits per heavy atom. The minimum absolute atomic E-state index is 0.0688. The number of fused-ring (bicyclic) bond motifs is 4. The number of hydrogen-bond donors (Lipinski definition) is 3. The molecule has 5 atom stereocenters. The van der Waals surface area contributed by atoms with Gasteiger partial charge in [-0.3, -0.25) is 9.59 Å². The fourth-order valence-corrected chi connectivity index (χ4v) is 8.62. The summed E-state index contributed by atoms with van der Waals surface area (Å²) < 4.78 is 35.0. The highest BCUT2D eigenvalue weighted by Crippen LogP contribution is 2.47. The molecule has 2 heterocycles. The molecule has 0 aromatic heterocycles. The van der Waals surface area contributed by atoms with Crippen LogP contribution in [0.15, 0.2) is 48.6 Å². The van der Waals surface area contributed by atoms with Gasteiger partial charge in [0.15, 0.2) is 5.60 Å². The van der Waals surface area contributed by atoms with E-state index in [4.69, 9.17) is 16.3 Å². The van der Waals surface area contributed by atoms with Gasteiger partial charge in [0.2, 0.25) is 5.91 Å². The van der Waals surface area contributed by atoms with E-state index in [0.717, 1.165) is 36.4 Å². The van der Waals surface area contributed by atoms with E-state index in [1.807, 2.05) is 29.0 Å². The summed E-state index contributed by atoms with van der Waals surface area (Å²) in [4.78, 5) is 31.0. The number of nitrogens with one attached hydrogen (secondary N) is 1. The van der Waals surface area contributed by atoms with Crippen molar-refractivity contribution in [3.05, 3.63) is 70.3 Å². The summed E-state index contributed by atoms with van der Waals surface area (Å²) in [5, 5.41) is 24.1. The average molecular weight is 715 g/mol. The number of carbonyl (C=O) groups is 2. The van der Waals surface area contributed by atoms with E-state index in [1.165, 1.54) is 36.2 Å². The topological polar surface area (TPSA) is 140 Å². The SMILES string of the molecule is CN1CCC/C=C\[C@H](O)[C@@H]2CC[C@H]2CN2C[C@@]3(CCCc4cc(Cl)ccc43)COc3ccc(cc32)[C@](O)(C(=O)NS(=O)(=O)N(C)C)CC1=O. The summed E-state index contributed by atoms with van der Waals surface area (Å²) in [6.07, 6.45) is 8.39. The molecule has 13 heteroatoms. The highest BCUT2D eigenvalue weighted by molar-refractivity contribution is 7.87. The number of benzene rings is 2. The monoisotopic (exact) mass is 714 g/mol. The molecule has 0 saturated heterocycles. The molecule has 1 fully saturated rings. The molecule has 1 spiro atoms. The molecule has 4 aliphatic rings. The van der Waals surface area contributed by atoms with Crippen LogP contribution in [0.1, 0.15) is 61.6 Å². The number of anilines is 1. The third-order valence-corrected chi connectivity index (χ3v) is 12.6. The van der Waals surface area contributed by atoms with Crippen molar-refractivity contribution in [1.82, 2.24) is 13.9 Å². The van der Waals surface area contributed by atoms with Gasteiger partial charge < -0.3 is 24.7 Å². The van der Waals surface area contributed by atoms with Crippen molar-refractivity contribution in [2.24, 2.45) is 11.8 Å². The fraction of sp³-hybridized carbons (Fsp3) is 0.556. The van der Waals surface area contributed by atoms with Crippen molar-refractivity contribution in [2.75, 3.05) is 52.3 Å². The number of nitrogens with zero attached hydrogens (tertiary/aromatic N) is 3. The highest BCUT2D eigenvalue weighted by atomic mass is 35.5. The van der Waals surface area contributed by atoms with Crippen molar-refractivity contribution in [1.29, 1.82) is 0 Å². The zero-order chi connectivity index (χ0) is 35.1. The Morgan fingerprint density at radius 2 is 1.94 bits per heavy atom. The number of ether oxygens (including phenoxy) is 1. The second-order valence-corrected chi connectivity index (χ2v) is 16.7. The molecular weight excluding hydrogens is 668 g/mol. The van der Waals surface area contributed by atoms with Crippen molar-refractivity contribution < 1.29 is 33.0 Å². The Hall–Kier alpha value is -3.16. The number of aliphatic hydroxyl groups excluding tert-OH is 1. The van der Waals surface area contributed by atoms with Crippen LogP contribution in [0.5, 0.6) is 5.75 Å². The molecule has 0 unspecified atom stereocenters. The molecule has 2 bridgehead atoms. The molecule has 2 aliphatic carbocycles. The summed E-state index contributed by atoms with van der Waals surface area (Å²) in [5.74, 6) is -0.940. The smallest absolute Gasteiger partial charge is 0.303 e. The van der Waals surface area contributed by atoms with E-state index in [1.54, 1.807) is 19.2 Å². The molecule has 0 radical (unpaired) electrons. The van der Waals surface area contributed by atoms with Gasteiger partial charge in [-0.05, 0) is 97.7 Å². The summed E-state index contributed by atoms with van der Waals surface area (Å²) in [6.45, 7) is 1.93. The third-order valence-electron chi connectivity index (χ3n) is 11.0. The van der Waals surface area contributed by atoms with Gasteiger partial charge in [-0.2, -0.15) is 12.7 Å². The number of halogens is 1. The summed E-state index contributed by atoms with van der Waals surface area (Å²) in [6, 6.07) is 10.9. The highest BCUT2D eigenvalue weighted by Gasteiger charge is 2.47. The van der Waals surface area contributed by atoms with Gasteiger partial charge >= 0.3 is 10.2 Å².